The van der Waals surface area contributed by atoms with Crippen LogP contribution in [0.25, 0.3) is 0 Å². The van der Waals surface area contributed by atoms with Crippen molar-refractivity contribution in [2.75, 3.05) is 6.61 Å². The Balaban J connectivity index is 2.76. The van der Waals surface area contributed by atoms with Crippen LogP contribution in [0.2, 0.25) is 0 Å². The molecule has 0 amide bonds. The third-order valence-corrected chi connectivity index (χ3v) is 2.51. The fraction of sp³-hybridized carbons (Fsp3) is 0.500. The van der Waals surface area contributed by atoms with Gasteiger partial charge in [-0.05, 0) is 12.0 Å². The standard InChI is InChI=1S/C8H11O2P/c1-3-4-6-5-10-8(9)7(6)11-2/h4,7H,2-3,5H2,1H3/b6-4-/t7-/m0/s1. The second-order valence-corrected chi connectivity index (χ2v) is 3.26. The molecule has 11 heavy (non-hydrogen) atoms. The molecule has 0 aromatic rings. The first kappa shape index (κ1) is 8.48. The van der Waals surface area contributed by atoms with Crippen LogP contribution in [0.5, 0.6) is 0 Å². The Bertz CT molecular complexity index is 208. The maximum Gasteiger partial charge on any atom is 0.321 e. The van der Waals surface area contributed by atoms with Crippen LogP contribution >= 0.6 is 8.20 Å². The molecule has 1 saturated heterocycles. The Morgan fingerprint density at radius 3 is 3.18 bits per heavy atom. The zero-order valence-electron chi connectivity index (χ0n) is 6.54. The van der Waals surface area contributed by atoms with Crippen LogP contribution < -0.4 is 0 Å². The van der Waals surface area contributed by atoms with Gasteiger partial charge in [-0.3, -0.25) is 4.79 Å². The molecule has 1 fully saturated rings. The van der Waals surface area contributed by atoms with Gasteiger partial charge in [-0.25, -0.2) is 0 Å². The summed E-state index contributed by atoms with van der Waals surface area (Å²) < 4.78 is 4.87. The van der Waals surface area contributed by atoms with E-state index >= 15 is 0 Å². The third-order valence-electron chi connectivity index (χ3n) is 1.60. The normalized spacial score (nSPS) is 27.9. The first-order valence-electron chi connectivity index (χ1n) is 3.61. The number of carbonyl (C=O) groups excluding carboxylic acids is 1. The van der Waals surface area contributed by atoms with E-state index in [-0.39, 0.29) is 11.6 Å². The van der Waals surface area contributed by atoms with Crippen molar-refractivity contribution >= 4 is 20.5 Å². The van der Waals surface area contributed by atoms with E-state index in [0.717, 1.165) is 20.2 Å². The third kappa shape index (κ3) is 1.69. The van der Waals surface area contributed by atoms with Crippen molar-refractivity contribution in [1.82, 2.24) is 0 Å². The predicted octanol–water partition coefficient (Wildman–Crippen LogP) is 1.63. The minimum atomic E-state index is -0.124. The number of carbonyl (C=O) groups is 1. The van der Waals surface area contributed by atoms with Gasteiger partial charge in [-0.1, -0.05) is 27.5 Å². The summed E-state index contributed by atoms with van der Waals surface area (Å²) in [7, 11) is 0.842. The van der Waals surface area contributed by atoms with E-state index in [1.807, 2.05) is 13.0 Å². The van der Waals surface area contributed by atoms with E-state index in [1.165, 1.54) is 0 Å². The highest BCUT2D eigenvalue weighted by Gasteiger charge is 2.28. The molecule has 1 aliphatic rings. The SMILES string of the molecule is C=P[C@@H]1C(=O)OC/C1=C/CC. The molecule has 0 aromatic carbocycles. The van der Waals surface area contributed by atoms with Crippen molar-refractivity contribution in [3.63, 3.8) is 0 Å². The van der Waals surface area contributed by atoms with Gasteiger partial charge in [0.25, 0.3) is 0 Å². The van der Waals surface area contributed by atoms with Crippen LogP contribution in [0.3, 0.4) is 0 Å². The maximum atomic E-state index is 11.0. The summed E-state index contributed by atoms with van der Waals surface area (Å²) in [6, 6.07) is 0. The van der Waals surface area contributed by atoms with Crippen LogP contribution in [-0.4, -0.2) is 24.5 Å². The number of rotatable bonds is 2. The summed E-state index contributed by atoms with van der Waals surface area (Å²) in [6.45, 7) is 2.52. The van der Waals surface area contributed by atoms with Gasteiger partial charge >= 0.3 is 5.97 Å². The molecule has 0 saturated carbocycles. The lowest BCUT2D eigenvalue weighted by Gasteiger charge is -1.96. The van der Waals surface area contributed by atoms with E-state index in [2.05, 4.69) is 6.30 Å². The Morgan fingerprint density at radius 1 is 1.91 bits per heavy atom. The molecule has 3 heteroatoms. The summed E-state index contributed by atoms with van der Waals surface area (Å²) >= 11 is 0. The molecule has 1 heterocycles. The lowest BCUT2D eigenvalue weighted by atomic mass is 10.2. The largest absolute Gasteiger partial charge is 0.460 e. The molecule has 1 atom stereocenters. The summed E-state index contributed by atoms with van der Waals surface area (Å²) in [5.41, 5.74) is 1.00. The van der Waals surface area contributed by atoms with E-state index in [0.29, 0.717) is 6.61 Å². The fourth-order valence-corrected chi connectivity index (χ4v) is 1.73. The average molecular weight is 170 g/mol. The first-order chi connectivity index (χ1) is 5.29. The fourth-order valence-electron chi connectivity index (χ4n) is 1.09. The van der Waals surface area contributed by atoms with Crippen LogP contribution in [0.4, 0.5) is 0 Å². The first-order valence-corrected chi connectivity index (χ1v) is 4.76. The number of cyclic esters (lactones) is 1. The van der Waals surface area contributed by atoms with Crippen molar-refractivity contribution in [2.24, 2.45) is 0 Å². The Labute approximate surface area is 68.0 Å². The average Bonchev–Trinajstić information content (AvgIpc) is 2.33. The van der Waals surface area contributed by atoms with E-state index in [1.54, 1.807) is 0 Å². The highest BCUT2D eigenvalue weighted by molar-refractivity contribution is 7.39. The molecule has 0 N–H and O–H groups in total. The molecular weight excluding hydrogens is 159 g/mol. The topological polar surface area (TPSA) is 26.3 Å². The quantitative estimate of drug-likeness (QED) is 0.357. The molecule has 0 aliphatic carbocycles. The van der Waals surface area contributed by atoms with Crippen LogP contribution in [0.15, 0.2) is 11.6 Å². The lowest BCUT2D eigenvalue weighted by molar-refractivity contribution is -0.137. The van der Waals surface area contributed by atoms with Crippen molar-refractivity contribution in [1.29, 1.82) is 0 Å². The van der Waals surface area contributed by atoms with E-state index in [9.17, 15) is 4.79 Å². The number of hydrogen-bond acceptors (Lipinski definition) is 2. The predicted molar refractivity (Wildman–Crippen MR) is 47.2 cm³/mol. The molecule has 0 spiro atoms. The van der Waals surface area contributed by atoms with E-state index < -0.39 is 0 Å². The van der Waals surface area contributed by atoms with E-state index in [4.69, 9.17) is 4.74 Å². The van der Waals surface area contributed by atoms with Gasteiger partial charge in [-0.15, -0.1) is 0 Å². The molecule has 0 aromatic heterocycles. The Hall–Kier alpha value is -0.620. The zero-order chi connectivity index (χ0) is 8.27. The number of ether oxygens (including phenoxy) is 1. The van der Waals surface area contributed by atoms with Gasteiger partial charge in [0.05, 0.1) is 0 Å². The van der Waals surface area contributed by atoms with Gasteiger partial charge in [-0.2, -0.15) is 0 Å². The minimum Gasteiger partial charge on any atom is -0.460 e. The maximum absolute atomic E-state index is 11.0. The van der Waals surface area contributed by atoms with Crippen molar-refractivity contribution in [3.8, 4) is 0 Å². The molecule has 0 radical (unpaired) electrons. The van der Waals surface area contributed by atoms with Gasteiger partial charge in [0.15, 0.2) is 0 Å². The summed E-state index contributed by atoms with van der Waals surface area (Å²) in [6.07, 6.45) is 6.69. The Kier molecular flexibility index (Phi) is 2.84. The highest BCUT2D eigenvalue weighted by atomic mass is 31.1. The highest BCUT2D eigenvalue weighted by Crippen LogP contribution is 2.24. The molecule has 2 nitrogen and oxygen atoms in total. The zero-order valence-corrected chi connectivity index (χ0v) is 7.43. The second kappa shape index (κ2) is 3.68. The van der Waals surface area contributed by atoms with Crippen molar-refractivity contribution in [3.05, 3.63) is 11.6 Å². The summed E-state index contributed by atoms with van der Waals surface area (Å²) in [5, 5.41) is 0. The summed E-state index contributed by atoms with van der Waals surface area (Å²) in [4.78, 5) is 11.0. The monoisotopic (exact) mass is 170 g/mol. The molecule has 1 aliphatic heterocycles. The minimum absolute atomic E-state index is 0.0880. The van der Waals surface area contributed by atoms with Crippen LogP contribution in [-0.2, 0) is 9.53 Å². The van der Waals surface area contributed by atoms with Gasteiger partial charge in [0.2, 0.25) is 0 Å². The second-order valence-electron chi connectivity index (χ2n) is 2.38. The molecular formula is C8H11O2P. The number of allylic oxidation sites excluding steroid dienone is 1. The molecule has 0 bridgehead atoms. The molecule has 60 valence electrons. The number of hydrogen-bond donors (Lipinski definition) is 0. The summed E-state index contributed by atoms with van der Waals surface area (Å²) in [5.74, 6) is -0.124. The van der Waals surface area contributed by atoms with Gasteiger partial charge < -0.3 is 4.74 Å². The van der Waals surface area contributed by atoms with Crippen LogP contribution in [0, 0.1) is 0 Å². The lowest BCUT2D eigenvalue weighted by Crippen LogP contribution is -2.07. The van der Waals surface area contributed by atoms with Gasteiger partial charge in [0.1, 0.15) is 12.3 Å². The molecule has 1 rings (SSSR count). The van der Waals surface area contributed by atoms with Crippen molar-refractivity contribution < 1.29 is 9.53 Å². The van der Waals surface area contributed by atoms with Crippen molar-refractivity contribution in [2.45, 2.75) is 19.0 Å². The van der Waals surface area contributed by atoms with Crippen LogP contribution in [0.1, 0.15) is 13.3 Å². The number of esters is 1. The van der Waals surface area contributed by atoms with Gasteiger partial charge in [0, 0.05) is 0 Å². The molecule has 0 unspecified atom stereocenters. The smallest absolute Gasteiger partial charge is 0.321 e. The Morgan fingerprint density at radius 2 is 2.64 bits per heavy atom.